The first-order chi connectivity index (χ1) is 5.74. The molecule has 0 unspecified atom stereocenters. The number of rotatable bonds is 2. The van der Waals surface area contributed by atoms with E-state index in [4.69, 9.17) is 5.73 Å². The number of aromatic nitrogens is 1. The van der Waals surface area contributed by atoms with Gasteiger partial charge in [0.2, 0.25) is 0 Å². The van der Waals surface area contributed by atoms with E-state index in [2.05, 4.69) is 9.72 Å². The summed E-state index contributed by atoms with van der Waals surface area (Å²) in [5.74, 6) is -0.333. The molecule has 0 aliphatic carbocycles. The molecule has 4 nitrogen and oxygen atoms in total. The average molecular weight is 166 g/mol. The van der Waals surface area contributed by atoms with E-state index in [1.54, 1.807) is 18.3 Å². The molecule has 0 fully saturated rings. The van der Waals surface area contributed by atoms with Gasteiger partial charge in [0.1, 0.15) is 0 Å². The van der Waals surface area contributed by atoms with Gasteiger partial charge in [-0.25, -0.2) is 0 Å². The number of methoxy groups -OCH3 is 1. The Balaban J connectivity index is 2.75. The molecule has 64 valence electrons. The van der Waals surface area contributed by atoms with Crippen molar-refractivity contribution >= 4 is 11.7 Å². The highest BCUT2D eigenvalue weighted by molar-refractivity contribution is 5.73. The van der Waals surface area contributed by atoms with Gasteiger partial charge in [-0.2, -0.15) is 0 Å². The van der Waals surface area contributed by atoms with Gasteiger partial charge in [-0.15, -0.1) is 0 Å². The summed E-state index contributed by atoms with van der Waals surface area (Å²) in [5, 5.41) is 0. The third-order valence-corrected chi connectivity index (χ3v) is 1.46. The number of esters is 1. The van der Waals surface area contributed by atoms with Crippen molar-refractivity contribution < 1.29 is 9.53 Å². The lowest BCUT2D eigenvalue weighted by Gasteiger charge is -2.01. The van der Waals surface area contributed by atoms with Crippen LogP contribution in [-0.2, 0) is 16.0 Å². The first-order valence-corrected chi connectivity index (χ1v) is 3.50. The van der Waals surface area contributed by atoms with Crippen molar-refractivity contribution in [2.24, 2.45) is 0 Å². The van der Waals surface area contributed by atoms with E-state index >= 15 is 0 Å². The monoisotopic (exact) mass is 166 g/mol. The lowest BCUT2D eigenvalue weighted by atomic mass is 10.2. The second-order valence-corrected chi connectivity index (χ2v) is 2.29. The van der Waals surface area contributed by atoms with Crippen LogP contribution >= 0.6 is 0 Å². The fourth-order valence-corrected chi connectivity index (χ4v) is 0.807. The maximum absolute atomic E-state index is 10.8. The molecule has 1 rings (SSSR count). The number of anilines is 1. The summed E-state index contributed by atoms with van der Waals surface area (Å²) < 4.78 is 4.47. The minimum Gasteiger partial charge on any atom is -0.469 e. The van der Waals surface area contributed by atoms with Crippen LogP contribution in [0.15, 0.2) is 18.3 Å². The summed E-state index contributed by atoms with van der Waals surface area (Å²) >= 11 is 0. The van der Waals surface area contributed by atoms with Crippen LogP contribution in [0.2, 0.25) is 0 Å². The van der Waals surface area contributed by atoms with Gasteiger partial charge in [0.05, 0.1) is 24.9 Å². The van der Waals surface area contributed by atoms with Gasteiger partial charge < -0.3 is 10.5 Å². The maximum atomic E-state index is 10.8. The first kappa shape index (κ1) is 8.52. The predicted molar refractivity (Wildman–Crippen MR) is 44.4 cm³/mol. The Morgan fingerprint density at radius 2 is 2.50 bits per heavy atom. The van der Waals surface area contributed by atoms with E-state index in [9.17, 15) is 4.79 Å². The summed E-state index contributed by atoms with van der Waals surface area (Å²) in [7, 11) is 1.33. The molecule has 0 aliphatic rings. The Morgan fingerprint density at radius 3 is 3.08 bits per heavy atom. The van der Waals surface area contributed by atoms with Gasteiger partial charge in [-0.1, -0.05) is 0 Å². The molecule has 1 aromatic rings. The number of ether oxygens (including phenoxy) is 1. The molecule has 0 saturated heterocycles. The Kier molecular flexibility index (Phi) is 2.63. The number of nitrogens with zero attached hydrogens (tertiary/aromatic N) is 1. The minimum absolute atomic E-state index is 0.128. The van der Waals surface area contributed by atoms with Crippen molar-refractivity contribution in [3.8, 4) is 0 Å². The zero-order valence-corrected chi connectivity index (χ0v) is 6.78. The number of pyridine rings is 1. The van der Waals surface area contributed by atoms with Gasteiger partial charge in [0.15, 0.2) is 0 Å². The fourth-order valence-electron chi connectivity index (χ4n) is 0.807. The van der Waals surface area contributed by atoms with E-state index in [0.717, 1.165) is 0 Å². The van der Waals surface area contributed by atoms with Crippen LogP contribution in [0.5, 0.6) is 0 Å². The minimum atomic E-state index is -0.333. The highest BCUT2D eigenvalue weighted by atomic mass is 16.5. The summed E-state index contributed by atoms with van der Waals surface area (Å²) in [6.45, 7) is 0. The van der Waals surface area contributed by atoms with E-state index in [1.807, 2.05) is 0 Å². The highest BCUT2D eigenvalue weighted by Crippen LogP contribution is 2.07. The zero-order chi connectivity index (χ0) is 8.97. The highest BCUT2D eigenvalue weighted by Gasteiger charge is 2.05. The van der Waals surface area contributed by atoms with Crippen molar-refractivity contribution in [3.05, 3.63) is 24.0 Å². The molecule has 1 aromatic heterocycles. The largest absolute Gasteiger partial charge is 0.469 e. The van der Waals surface area contributed by atoms with Gasteiger partial charge in [0, 0.05) is 6.20 Å². The molecule has 0 aliphatic heterocycles. The molecule has 0 saturated carbocycles. The van der Waals surface area contributed by atoms with Gasteiger partial charge in [-0.05, 0) is 12.1 Å². The van der Waals surface area contributed by atoms with Crippen molar-refractivity contribution in [3.63, 3.8) is 0 Å². The average Bonchev–Trinajstić information content (AvgIpc) is 2.09. The van der Waals surface area contributed by atoms with Crippen molar-refractivity contribution in [1.82, 2.24) is 4.98 Å². The SMILES string of the molecule is COC(=O)Cc1ncccc1N. The van der Waals surface area contributed by atoms with Crippen LogP contribution in [-0.4, -0.2) is 18.1 Å². The molecule has 4 heteroatoms. The van der Waals surface area contributed by atoms with Crippen molar-refractivity contribution in [1.29, 1.82) is 0 Å². The standard InChI is InChI=1S/C8H10N2O2/c1-12-8(11)5-7-6(9)3-2-4-10-7/h2-4H,5,9H2,1H3. The number of carbonyl (C=O) groups excluding carboxylic acids is 1. The molecule has 0 aromatic carbocycles. The Labute approximate surface area is 70.4 Å². The molecule has 0 amide bonds. The van der Waals surface area contributed by atoms with Gasteiger partial charge in [0.25, 0.3) is 0 Å². The second kappa shape index (κ2) is 3.71. The molecule has 0 atom stereocenters. The van der Waals surface area contributed by atoms with E-state index in [-0.39, 0.29) is 12.4 Å². The fraction of sp³-hybridized carbons (Fsp3) is 0.250. The molecule has 1 heterocycles. The number of nitrogen functional groups attached to an aromatic ring is 1. The lowest BCUT2D eigenvalue weighted by Crippen LogP contribution is -2.08. The van der Waals surface area contributed by atoms with Gasteiger partial charge >= 0.3 is 5.97 Å². The van der Waals surface area contributed by atoms with Crippen LogP contribution in [0.3, 0.4) is 0 Å². The van der Waals surface area contributed by atoms with E-state index in [0.29, 0.717) is 11.4 Å². The smallest absolute Gasteiger partial charge is 0.311 e. The van der Waals surface area contributed by atoms with Crippen molar-refractivity contribution in [2.75, 3.05) is 12.8 Å². The Hall–Kier alpha value is -1.58. The molecule has 0 spiro atoms. The quantitative estimate of drug-likeness (QED) is 0.645. The summed E-state index contributed by atoms with van der Waals surface area (Å²) in [6, 6.07) is 3.42. The molecule has 0 radical (unpaired) electrons. The number of carbonyl (C=O) groups is 1. The zero-order valence-electron chi connectivity index (χ0n) is 6.78. The van der Waals surface area contributed by atoms with Crippen molar-refractivity contribution in [2.45, 2.75) is 6.42 Å². The first-order valence-electron chi connectivity index (χ1n) is 3.50. The third kappa shape index (κ3) is 1.95. The topological polar surface area (TPSA) is 65.2 Å². The second-order valence-electron chi connectivity index (χ2n) is 2.29. The molecule has 12 heavy (non-hydrogen) atoms. The van der Waals surface area contributed by atoms with Gasteiger partial charge in [-0.3, -0.25) is 9.78 Å². The van der Waals surface area contributed by atoms with E-state index < -0.39 is 0 Å². The summed E-state index contributed by atoms with van der Waals surface area (Å²) in [5.41, 5.74) is 6.63. The molecular formula is C8H10N2O2. The Morgan fingerprint density at radius 1 is 1.75 bits per heavy atom. The Bertz CT molecular complexity index is 286. The van der Waals surface area contributed by atoms with Crippen LogP contribution in [0, 0.1) is 0 Å². The maximum Gasteiger partial charge on any atom is 0.311 e. The predicted octanol–water partition coefficient (Wildman–Crippen LogP) is 0.379. The normalized spacial score (nSPS) is 9.42. The van der Waals surface area contributed by atoms with Crippen LogP contribution < -0.4 is 5.73 Å². The van der Waals surface area contributed by atoms with Crippen LogP contribution in [0.4, 0.5) is 5.69 Å². The molecular weight excluding hydrogens is 156 g/mol. The third-order valence-electron chi connectivity index (χ3n) is 1.46. The summed E-state index contributed by atoms with van der Waals surface area (Å²) in [6.07, 6.45) is 1.72. The number of nitrogens with two attached hydrogens (primary N) is 1. The number of hydrogen-bond acceptors (Lipinski definition) is 4. The van der Waals surface area contributed by atoms with Crippen LogP contribution in [0.25, 0.3) is 0 Å². The molecule has 2 N–H and O–H groups in total. The number of hydrogen-bond donors (Lipinski definition) is 1. The van der Waals surface area contributed by atoms with E-state index in [1.165, 1.54) is 7.11 Å². The van der Waals surface area contributed by atoms with Crippen LogP contribution in [0.1, 0.15) is 5.69 Å². The lowest BCUT2D eigenvalue weighted by molar-refractivity contribution is -0.139. The summed E-state index contributed by atoms with van der Waals surface area (Å²) in [4.78, 5) is 14.8. The molecule has 0 bridgehead atoms.